The predicted octanol–water partition coefficient (Wildman–Crippen LogP) is 4.18. The summed E-state index contributed by atoms with van der Waals surface area (Å²) in [5.41, 5.74) is 2.28. The normalized spacial score (nSPS) is 12.4. The molecule has 96 heavy (non-hydrogen) atoms. The van der Waals surface area contributed by atoms with Gasteiger partial charge in [0.1, 0.15) is 17.2 Å². The van der Waals surface area contributed by atoms with Crippen LogP contribution in [-0.4, -0.2) is 158 Å². The molecule has 506 valence electrons. The second-order valence-electron chi connectivity index (χ2n) is 21.8. The van der Waals surface area contributed by atoms with Crippen LogP contribution in [0.3, 0.4) is 0 Å². The number of methoxy groups -OCH3 is 2. The summed E-state index contributed by atoms with van der Waals surface area (Å²) in [5, 5.41) is 8.28. The SMILES string of the molecule is COc1c(-c2ccc3cc(NS(C)(=O)=O)ccc3c2)cc(-n2ccc(=O)[nH]c2=O)cc1C(C)(C)C.COc1c(-c2ccc3cc(OS(=O)(=O)C(F)(F)C(F)(F)OC(F)(F)C(F)(F)F)ccc3c2)cc(-n2ccc(=O)[nH]c2=O)cc1C(C)(C)C.CS(N)(=O)=O.O=[P+]([O-])O[O-].[K+].[K][K]. The van der Waals surface area contributed by atoms with Gasteiger partial charge in [-0.05, 0) is 109 Å². The molecular formula is C56H55F9K3N6O18PS3. The van der Waals surface area contributed by atoms with Crippen LogP contribution in [-0.2, 0) is 55.0 Å². The average molecular weight is 1520 g/mol. The van der Waals surface area contributed by atoms with Crippen LogP contribution < -0.4 is 108 Å². The Morgan fingerprint density at radius 1 is 0.573 bits per heavy atom. The van der Waals surface area contributed by atoms with Gasteiger partial charge in [-0.3, -0.25) is 33.4 Å². The number of halogens is 9. The van der Waals surface area contributed by atoms with Crippen molar-refractivity contribution < 1.29 is 154 Å². The molecule has 0 spiro atoms. The number of anilines is 1. The first kappa shape index (κ1) is 86.6. The van der Waals surface area contributed by atoms with E-state index in [0.29, 0.717) is 45.3 Å². The summed E-state index contributed by atoms with van der Waals surface area (Å²) in [4.78, 5) is 61.6. The Balaban J connectivity index is 0.000000437. The fourth-order valence-electron chi connectivity index (χ4n) is 8.47. The van der Waals surface area contributed by atoms with Crippen LogP contribution in [0.15, 0.2) is 141 Å². The number of nitrogens with zero attached hydrogens (tertiary/aromatic N) is 2. The first-order chi connectivity index (χ1) is 43.4. The van der Waals surface area contributed by atoms with E-state index in [1.807, 2.05) is 61.9 Å². The topological polar surface area (TPSA) is 360 Å². The fourth-order valence-corrected chi connectivity index (χ4v) is 9.82. The minimum absolute atomic E-state index is 0. The van der Waals surface area contributed by atoms with Gasteiger partial charge in [0.25, 0.3) is 11.1 Å². The molecule has 8 aromatic rings. The van der Waals surface area contributed by atoms with Gasteiger partial charge in [-0.1, -0.05) is 77.9 Å². The van der Waals surface area contributed by atoms with Gasteiger partial charge in [0, 0.05) is 52.5 Å². The number of hydrogen-bond acceptors (Lipinski definition) is 18. The number of nitrogens with two attached hydrogens (primary N) is 1. The van der Waals surface area contributed by atoms with Crippen LogP contribution in [0.25, 0.3) is 55.2 Å². The Morgan fingerprint density at radius 3 is 1.28 bits per heavy atom. The molecule has 0 radical (unpaired) electrons. The Hall–Kier alpha value is -3.57. The van der Waals surface area contributed by atoms with E-state index in [9.17, 15) is 83.9 Å². The molecule has 0 aliphatic heterocycles. The number of primary sulfonamides is 1. The number of H-pyrrole nitrogens is 2. The summed E-state index contributed by atoms with van der Waals surface area (Å²) in [7, 11) is -13.6. The van der Waals surface area contributed by atoms with Crippen molar-refractivity contribution >= 4 is 129 Å². The summed E-state index contributed by atoms with van der Waals surface area (Å²) < 4.78 is 219. The van der Waals surface area contributed by atoms with Crippen molar-refractivity contribution in [1.82, 2.24) is 19.1 Å². The van der Waals surface area contributed by atoms with E-state index in [4.69, 9.17) is 24.2 Å². The van der Waals surface area contributed by atoms with Gasteiger partial charge < -0.3 is 23.8 Å². The summed E-state index contributed by atoms with van der Waals surface area (Å²) in [5.74, 6) is 0.0457. The van der Waals surface area contributed by atoms with Crippen molar-refractivity contribution in [2.45, 2.75) is 76.0 Å². The van der Waals surface area contributed by atoms with Crippen LogP contribution >= 0.6 is 8.25 Å². The maximum atomic E-state index is 14.2. The van der Waals surface area contributed by atoms with Gasteiger partial charge in [-0.25, -0.2) is 41.0 Å². The molecule has 24 nitrogen and oxygen atoms in total. The Morgan fingerprint density at radius 2 is 0.938 bits per heavy atom. The van der Waals surface area contributed by atoms with E-state index < -0.39 is 95.7 Å². The van der Waals surface area contributed by atoms with E-state index in [0.717, 1.165) is 64.2 Å². The second-order valence-corrected chi connectivity index (χ2v) is 27.4. The Kier molecular flexibility index (Phi) is 31.0. The molecule has 40 heteroatoms. The van der Waals surface area contributed by atoms with Crippen molar-refractivity contribution in [1.29, 1.82) is 0 Å². The zero-order valence-corrected chi connectivity index (χ0v) is 65.7. The third kappa shape index (κ3) is 23.5. The van der Waals surface area contributed by atoms with E-state index in [1.54, 1.807) is 31.4 Å². The molecule has 0 aliphatic rings. The molecule has 5 N–H and O–H groups in total. The molecule has 0 fully saturated rings. The maximum absolute atomic E-state index is 14.2. The molecular weight excluding hydrogens is 1460 g/mol. The Labute approximate surface area is 630 Å². The number of alkyl halides is 9. The number of aromatic nitrogens is 4. The molecule has 0 saturated heterocycles. The molecule has 2 heterocycles. The van der Waals surface area contributed by atoms with E-state index in [-0.39, 0.29) is 67.6 Å². The summed E-state index contributed by atoms with van der Waals surface area (Å²) >= 11 is 2.50. The summed E-state index contributed by atoms with van der Waals surface area (Å²) in [6.45, 7) is 11.8. The average Bonchev–Trinajstić information content (AvgIpc) is 0.764. The van der Waals surface area contributed by atoms with Gasteiger partial charge in [0.2, 0.25) is 20.0 Å². The quantitative estimate of drug-likeness (QED) is 0.0279. The number of hydrogen-bond donors (Lipinski definition) is 4. The van der Waals surface area contributed by atoms with Crippen LogP contribution in [0, 0.1) is 0 Å². The molecule has 0 bridgehead atoms. The van der Waals surface area contributed by atoms with E-state index in [2.05, 4.69) is 49.5 Å². The van der Waals surface area contributed by atoms with Gasteiger partial charge >= 0.3 is 168 Å². The number of aromatic amines is 2. The van der Waals surface area contributed by atoms with Crippen LogP contribution in [0.5, 0.6) is 17.2 Å². The van der Waals surface area contributed by atoms with Crippen molar-refractivity contribution in [3.8, 4) is 50.9 Å². The first-order valence-electron chi connectivity index (χ1n) is 26.9. The molecule has 1 unspecified atom stereocenters. The Bertz CT molecular complexity index is 4760. The fraction of sp³-hybridized carbons (Fsp3) is 0.286. The monoisotopic (exact) mass is 1510 g/mol. The number of nitrogens with one attached hydrogen (secondary N) is 3. The summed E-state index contributed by atoms with van der Waals surface area (Å²) in [6, 6.07) is 27.6. The minimum atomic E-state index is -6.95. The number of sulfonamides is 2. The molecule has 0 amide bonds. The zero-order valence-electron chi connectivity index (χ0n) is 52.9. The molecule has 1 atom stereocenters. The van der Waals surface area contributed by atoms with Crippen LogP contribution in [0.2, 0.25) is 0 Å². The molecule has 0 aliphatic carbocycles. The number of fused-ring (bicyclic) bond motifs is 2. The zero-order chi connectivity index (χ0) is 72.6. The number of rotatable bonds is 15. The van der Waals surface area contributed by atoms with E-state index >= 15 is 0 Å². The summed E-state index contributed by atoms with van der Waals surface area (Å²) in [6.07, 6.45) is -15.8. The molecule has 8 rings (SSSR count). The predicted molar refractivity (Wildman–Crippen MR) is 331 cm³/mol. The third-order valence-corrected chi connectivity index (χ3v) is 14.5. The first-order valence-corrected chi connectivity index (χ1v) is 49.2. The van der Waals surface area contributed by atoms with Gasteiger partial charge in [0.15, 0.2) is 0 Å². The molecule has 2 aromatic heterocycles. The van der Waals surface area contributed by atoms with Crippen LogP contribution in [0.4, 0.5) is 45.2 Å². The number of benzene rings is 6. The van der Waals surface area contributed by atoms with Gasteiger partial charge in [-0.15, -0.1) is 0 Å². The van der Waals surface area contributed by atoms with E-state index in [1.165, 1.54) is 116 Å². The third-order valence-electron chi connectivity index (χ3n) is 12.5. The number of ether oxygens (including phenoxy) is 3. The van der Waals surface area contributed by atoms with Crippen LogP contribution in [0.1, 0.15) is 52.7 Å². The molecule has 6 aromatic carbocycles. The van der Waals surface area contributed by atoms with Gasteiger partial charge in [-0.2, -0.15) is 47.9 Å². The van der Waals surface area contributed by atoms with Crippen molar-refractivity contribution in [3.63, 3.8) is 0 Å². The van der Waals surface area contributed by atoms with Crippen molar-refractivity contribution in [3.05, 3.63) is 174 Å². The van der Waals surface area contributed by atoms with Crippen molar-refractivity contribution in [2.75, 3.05) is 31.5 Å². The van der Waals surface area contributed by atoms with Gasteiger partial charge in [0.05, 0.1) is 38.1 Å². The second kappa shape index (κ2) is 34.4. The van der Waals surface area contributed by atoms with Crippen molar-refractivity contribution in [2.24, 2.45) is 5.14 Å². The standard InChI is InChI=1S/C29H23F9N2O7S.C26H27N3O5S.CH5NO2S.3K.HO4P/c1-25(2,3)21-14-18(40-10-9-22(41)39-24(40)42)13-20(23(21)45-4)17-6-5-16-12-19(8-7-15(16)11-17)46-48(43,44)29(37,38)28(35,36)47-27(33,34)26(30,31)32;1-26(2,3)22-15-20(29-11-10-23(30)27-25(29)31)14-21(24(22)34-4)18-7-6-17-13-19(28-35(5,32)33)9-8-16(17)12-18;1-5(2,3)4;;;;1-4-5(2)3/h5-14H,1-4H3,(H,39,41,42);6-15,28H,1-5H3,(H,27,30,31);1H3,(H2,2,3,4);;;;1H/q;;;;;+1;/p-1. The molecule has 0 saturated carbocycles.